The molecule has 1 heterocycles. The van der Waals surface area contributed by atoms with E-state index in [-0.39, 0.29) is 5.95 Å². The van der Waals surface area contributed by atoms with E-state index in [0.717, 1.165) is 22.6 Å². The monoisotopic (exact) mass is 215 g/mol. The summed E-state index contributed by atoms with van der Waals surface area (Å²) in [7, 11) is 1.64. The second kappa shape index (κ2) is 4.18. The van der Waals surface area contributed by atoms with Crippen LogP contribution in [0.5, 0.6) is 5.75 Å². The molecule has 2 rings (SSSR count). The first-order valence-corrected chi connectivity index (χ1v) is 4.94. The number of nitrogens with zero attached hydrogens (tertiary/aromatic N) is 2. The summed E-state index contributed by atoms with van der Waals surface area (Å²) in [5.41, 5.74) is 8.44. The molecule has 0 radical (unpaired) electrons. The Morgan fingerprint density at radius 1 is 1.19 bits per heavy atom. The molecule has 0 unspecified atom stereocenters. The van der Waals surface area contributed by atoms with Crippen molar-refractivity contribution in [3.63, 3.8) is 0 Å². The Hall–Kier alpha value is -2.10. The number of nitrogens with two attached hydrogens (primary N) is 1. The number of anilines is 1. The van der Waals surface area contributed by atoms with Gasteiger partial charge in [-0.1, -0.05) is 0 Å². The third-order valence-corrected chi connectivity index (χ3v) is 2.35. The van der Waals surface area contributed by atoms with Crippen LogP contribution in [0.1, 0.15) is 5.56 Å². The number of methoxy groups -OCH3 is 1. The molecule has 82 valence electrons. The van der Waals surface area contributed by atoms with Crippen molar-refractivity contribution in [3.8, 4) is 17.0 Å². The van der Waals surface area contributed by atoms with E-state index >= 15 is 0 Å². The summed E-state index contributed by atoms with van der Waals surface area (Å²) < 4.78 is 5.10. The fraction of sp³-hybridized carbons (Fsp3) is 0.167. The van der Waals surface area contributed by atoms with Crippen LogP contribution in [0.2, 0.25) is 0 Å². The van der Waals surface area contributed by atoms with Crippen LogP contribution in [0.25, 0.3) is 11.3 Å². The molecule has 4 heteroatoms. The molecule has 0 amide bonds. The van der Waals surface area contributed by atoms with Gasteiger partial charge in [0.25, 0.3) is 0 Å². The van der Waals surface area contributed by atoms with E-state index in [1.54, 1.807) is 13.3 Å². The molecule has 1 aromatic carbocycles. The molecule has 4 nitrogen and oxygen atoms in total. The van der Waals surface area contributed by atoms with E-state index in [0.29, 0.717) is 0 Å². The maximum absolute atomic E-state index is 5.57. The summed E-state index contributed by atoms with van der Waals surface area (Å²) in [5, 5.41) is 0. The number of hydrogen-bond acceptors (Lipinski definition) is 4. The van der Waals surface area contributed by atoms with Crippen LogP contribution in [0.15, 0.2) is 30.5 Å². The molecule has 16 heavy (non-hydrogen) atoms. The normalized spacial score (nSPS) is 10.1. The molecule has 2 aromatic rings. The topological polar surface area (TPSA) is 61.0 Å². The molecule has 2 N–H and O–H groups in total. The van der Waals surface area contributed by atoms with Crippen molar-refractivity contribution in [2.75, 3.05) is 12.8 Å². The van der Waals surface area contributed by atoms with E-state index < -0.39 is 0 Å². The first-order chi connectivity index (χ1) is 7.70. The van der Waals surface area contributed by atoms with Gasteiger partial charge in [0, 0.05) is 11.8 Å². The molecule has 0 atom stereocenters. The molecule has 0 aliphatic carbocycles. The Morgan fingerprint density at radius 2 is 1.88 bits per heavy atom. The van der Waals surface area contributed by atoms with Crippen LogP contribution in [0.4, 0.5) is 5.95 Å². The van der Waals surface area contributed by atoms with Gasteiger partial charge in [-0.15, -0.1) is 0 Å². The number of benzene rings is 1. The van der Waals surface area contributed by atoms with Crippen molar-refractivity contribution < 1.29 is 4.74 Å². The van der Waals surface area contributed by atoms with Crippen molar-refractivity contribution in [3.05, 3.63) is 36.0 Å². The number of aryl methyl sites for hydroxylation is 1. The highest BCUT2D eigenvalue weighted by Crippen LogP contribution is 2.23. The lowest BCUT2D eigenvalue weighted by molar-refractivity contribution is 0.415. The Morgan fingerprint density at radius 3 is 2.50 bits per heavy atom. The van der Waals surface area contributed by atoms with Gasteiger partial charge in [-0.25, -0.2) is 9.97 Å². The molecular weight excluding hydrogens is 202 g/mol. The van der Waals surface area contributed by atoms with Crippen molar-refractivity contribution >= 4 is 5.95 Å². The minimum Gasteiger partial charge on any atom is -0.497 e. The number of hydrogen-bond donors (Lipinski definition) is 1. The van der Waals surface area contributed by atoms with Gasteiger partial charge in [0.2, 0.25) is 5.95 Å². The highest BCUT2D eigenvalue weighted by atomic mass is 16.5. The van der Waals surface area contributed by atoms with Gasteiger partial charge in [0.05, 0.1) is 12.8 Å². The maximum atomic E-state index is 5.57. The third kappa shape index (κ3) is 1.95. The third-order valence-electron chi connectivity index (χ3n) is 2.35. The molecular formula is C12H13N3O. The molecule has 0 aliphatic rings. The van der Waals surface area contributed by atoms with E-state index in [1.165, 1.54) is 0 Å². The molecule has 0 bridgehead atoms. The Balaban J connectivity index is 2.45. The quantitative estimate of drug-likeness (QED) is 0.832. The molecule has 0 spiro atoms. The van der Waals surface area contributed by atoms with Gasteiger partial charge in [-0.3, -0.25) is 0 Å². The smallest absolute Gasteiger partial charge is 0.220 e. The number of ether oxygens (including phenoxy) is 1. The van der Waals surface area contributed by atoms with Crippen molar-refractivity contribution in [1.82, 2.24) is 9.97 Å². The zero-order valence-electron chi connectivity index (χ0n) is 9.27. The van der Waals surface area contributed by atoms with Gasteiger partial charge >= 0.3 is 0 Å². The zero-order valence-corrected chi connectivity index (χ0v) is 9.27. The van der Waals surface area contributed by atoms with Gasteiger partial charge < -0.3 is 10.5 Å². The fourth-order valence-electron chi connectivity index (χ4n) is 1.50. The Bertz CT molecular complexity index is 494. The van der Waals surface area contributed by atoms with Gasteiger partial charge in [-0.2, -0.15) is 0 Å². The lowest BCUT2D eigenvalue weighted by Gasteiger charge is -2.06. The maximum Gasteiger partial charge on any atom is 0.220 e. The second-order valence-corrected chi connectivity index (χ2v) is 3.49. The Kier molecular flexibility index (Phi) is 2.72. The minimum absolute atomic E-state index is 0.288. The van der Waals surface area contributed by atoms with Crippen molar-refractivity contribution in [2.24, 2.45) is 0 Å². The lowest BCUT2D eigenvalue weighted by Crippen LogP contribution is -1.98. The molecule has 0 saturated heterocycles. The predicted octanol–water partition coefficient (Wildman–Crippen LogP) is 2.04. The van der Waals surface area contributed by atoms with Crippen LogP contribution < -0.4 is 10.5 Å². The van der Waals surface area contributed by atoms with E-state index in [4.69, 9.17) is 10.5 Å². The van der Waals surface area contributed by atoms with E-state index in [2.05, 4.69) is 9.97 Å². The average Bonchev–Trinajstić information content (AvgIpc) is 2.32. The van der Waals surface area contributed by atoms with Crippen molar-refractivity contribution in [1.29, 1.82) is 0 Å². The SMILES string of the molecule is COc1ccc(-c2nc(N)ncc2C)cc1. The minimum atomic E-state index is 0.288. The van der Waals surface area contributed by atoms with Crippen LogP contribution in [0.3, 0.4) is 0 Å². The van der Waals surface area contributed by atoms with Crippen LogP contribution in [-0.4, -0.2) is 17.1 Å². The number of aromatic nitrogens is 2. The highest BCUT2D eigenvalue weighted by molar-refractivity contribution is 5.64. The number of rotatable bonds is 2. The molecule has 0 aliphatic heterocycles. The Labute approximate surface area is 94.1 Å². The predicted molar refractivity (Wildman–Crippen MR) is 63.2 cm³/mol. The second-order valence-electron chi connectivity index (χ2n) is 3.49. The van der Waals surface area contributed by atoms with Gasteiger partial charge in [0.15, 0.2) is 0 Å². The van der Waals surface area contributed by atoms with Gasteiger partial charge in [-0.05, 0) is 36.8 Å². The average molecular weight is 215 g/mol. The summed E-state index contributed by atoms with van der Waals surface area (Å²) in [5.74, 6) is 1.11. The molecule has 0 saturated carbocycles. The van der Waals surface area contributed by atoms with Crippen LogP contribution in [-0.2, 0) is 0 Å². The summed E-state index contributed by atoms with van der Waals surface area (Å²) in [6.45, 7) is 1.96. The van der Waals surface area contributed by atoms with E-state index in [9.17, 15) is 0 Å². The summed E-state index contributed by atoms with van der Waals surface area (Å²) in [6, 6.07) is 7.70. The van der Waals surface area contributed by atoms with Crippen LogP contribution in [0, 0.1) is 6.92 Å². The first-order valence-electron chi connectivity index (χ1n) is 4.94. The van der Waals surface area contributed by atoms with E-state index in [1.807, 2.05) is 31.2 Å². The zero-order chi connectivity index (χ0) is 11.5. The first kappa shape index (κ1) is 10.4. The summed E-state index contributed by atoms with van der Waals surface area (Å²) in [6.07, 6.45) is 1.72. The fourth-order valence-corrected chi connectivity index (χ4v) is 1.50. The largest absolute Gasteiger partial charge is 0.497 e. The van der Waals surface area contributed by atoms with Crippen molar-refractivity contribution in [2.45, 2.75) is 6.92 Å². The standard InChI is InChI=1S/C12H13N3O/c1-8-7-14-12(13)15-11(8)9-3-5-10(16-2)6-4-9/h3-7H,1-2H3,(H2,13,14,15). The number of nitrogen functional groups attached to an aromatic ring is 1. The van der Waals surface area contributed by atoms with Gasteiger partial charge in [0.1, 0.15) is 5.75 Å². The molecule has 0 fully saturated rings. The van der Waals surface area contributed by atoms with Crippen LogP contribution >= 0.6 is 0 Å². The summed E-state index contributed by atoms with van der Waals surface area (Å²) >= 11 is 0. The lowest BCUT2D eigenvalue weighted by atomic mass is 10.1. The highest BCUT2D eigenvalue weighted by Gasteiger charge is 2.05. The molecule has 1 aromatic heterocycles. The summed E-state index contributed by atoms with van der Waals surface area (Å²) in [4.78, 5) is 8.16.